The van der Waals surface area contributed by atoms with Gasteiger partial charge in [-0.1, -0.05) is 0 Å². The summed E-state index contributed by atoms with van der Waals surface area (Å²) >= 11 is 5.71. The fourth-order valence-corrected chi connectivity index (χ4v) is 1.57. The van der Waals surface area contributed by atoms with Crippen molar-refractivity contribution >= 4 is 17.5 Å². The van der Waals surface area contributed by atoms with Gasteiger partial charge in [0.1, 0.15) is 6.33 Å². The van der Waals surface area contributed by atoms with Crippen LogP contribution < -0.4 is 4.90 Å². The van der Waals surface area contributed by atoms with Crippen LogP contribution in [-0.4, -0.2) is 27.0 Å². The van der Waals surface area contributed by atoms with E-state index < -0.39 is 0 Å². The Balaban J connectivity index is 2.99. The van der Waals surface area contributed by atoms with Gasteiger partial charge < -0.3 is 4.90 Å². The smallest absolute Gasteiger partial charge is 0.230 e. The maximum atomic E-state index is 5.71. The highest BCUT2D eigenvalue weighted by molar-refractivity contribution is 6.28. The minimum atomic E-state index is 0.237. The van der Waals surface area contributed by atoms with Crippen LogP contribution in [0.1, 0.15) is 27.7 Å². The molecule has 78 valence electrons. The average molecular weight is 215 g/mol. The topological polar surface area (TPSA) is 41.9 Å². The molecule has 5 heteroatoms. The van der Waals surface area contributed by atoms with E-state index in [0.29, 0.717) is 18.0 Å². The molecule has 0 aromatic carbocycles. The lowest BCUT2D eigenvalue weighted by Crippen LogP contribution is -2.38. The summed E-state index contributed by atoms with van der Waals surface area (Å²) in [5.74, 6) is 0.634. The Hall–Kier alpha value is -0.900. The third kappa shape index (κ3) is 2.54. The van der Waals surface area contributed by atoms with Gasteiger partial charge in [-0.3, -0.25) is 0 Å². The van der Waals surface area contributed by atoms with Gasteiger partial charge in [0.05, 0.1) is 0 Å². The van der Waals surface area contributed by atoms with Crippen molar-refractivity contribution in [2.24, 2.45) is 0 Å². The lowest BCUT2D eigenvalue weighted by Gasteiger charge is -2.30. The maximum absolute atomic E-state index is 5.71. The number of aromatic nitrogens is 3. The van der Waals surface area contributed by atoms with Crippen LogP contribution in [-0.2, 0) is 0 Å². The molecule has 0 radical (unpaired) electrons. The third-order valence-corrected chi connectivity index (χ3v) is 2.06. The third-order valence-electron chi connectivity index (χ3n) is 1.87. The quantitative estimate of drug-likeness (QED) is 0.773. The molecule has 0 unspecified atom stereocenters. The van der Waals surface area contributed by atoms with Crippen molar-refractivity contribution in [3.05, 3.63) is 11.6 Å². The Morgan fingerprint density at radius 3 is 2.14 bits per heavy atom. The van der Waals surface area contributed by atoms with Crippen molar-refractivity contribution in [3.8, 4) is 0 Å². The van der Waals surface area contributed by atoms with Crippen molar-refractivity contribution in [2.45, 2.75) is 39.8 Å². The number of hydrogen-bond acceptors (Lipinski definition) is 4. The zero-order chi connectivity index (χ0) is 10.7. The maximum Gasteiger partial charge on any atom is 0.230 e. The first-order valence-electron chi connectivity index (χ1n) is 4.65. The molecule has 0 N–H and O–H groups in total. The normalized spacial score (nSPS) is 11.1. The fourth-order valence-electron chi connectivity index (χ4n) is 1.45. The highest BCUT2D eigenvalue weighted by Crippen LogP contribution is 2.15. The van der Waals surface area contributed by atoms with Crippen molar-refractivity contribution in [2.75, 3.05) is 4.90 Å². The molecule has 0 spiro atoms. The molecule has 1 aromatic rings. The highest BCUT2D eigenvalue weighted by Gasteiger charge is 2.16. The second-order valence-corrected chi connectivity index (χ2v) is 3.99. The second kappa shape index (κ2) is 4.55. The lowest BCUT2D eigenvalue weighted by atomic mass is 10.2. The van der Waals surface area contributed by atoms with Gasteiger partial charge in [0.2, 0.25) is 11.2 Å². The zero-order valence-corrected chi connectivity index (χ0v) is 9.65. The van der Waals surface area contributed by atoms with Crippen LogP contribution in [0, 0.1) is 0 Å². The van der Waals surface area contributed by atoms with Crippen molar-refractivity contribution in [3.63, 3.8) is 0 Å². The van der Waals surface area contributed by atoms with Crippen LogP contribution >= 0.6 is 11.6 Å². The zero-order valence-electron chi connectivity index (χ0n) is 8.90. The number of hydrogen-bond donors (Lipinski definition) is 0. The van der Waals surface area contributed by atoms with E-state index in [1.165, 1.54) is 6.33 Å². The Morgan fingerprint density at radius 1 is 1.14 bits per heavy atom. The molecular weight excluding hydrogens is 200 g/mol. The monoisotopic (exact) mass is 214 g/mol. The second-order valence-electron chi connectivity index (χ2n) is 3.65. The van der Waals surface area contributed by atoms with Crippen molar-refractivity contribution in [1.29, 1.82) is 0 Å². The summed E-state index contributed by atoms with van der Waals surface area (Å²) < 4.78 is 0. The van der Waals surface area contributed by atoms with E-state index in [9.17, 15) is 0 Å². The van der Waals surface area contributed by atoms with Gasteiger partial charge in [-0.05, 0) is 39.3 Å². The van der Waals surface area contributed by atoms with Crippen LogP contribution in [0.3, 0.4) is 0 Å². The Morgan fingerprint density at radius 2 is 1.71 bits per heavy atom. The van der Waals surface area contributed by atoms with Gasteiger partial charge in [0.15, 0.2) is 0 Å². The summed E-state index contributed by atoms with van der Waals surface area (Å²) in [5, 5.41) is 0.237. The molecular formula is C9H15ClN4. The van der Waals surface area contributed by atoms with E-state index in [2.05, 4.69) is 47.5 Å². The molecule has 1 aromatic heterocycles. The number of rotatable bonds is 3. The molecule has 1 rings (SSSR count). The van der Waals surface area contributed by atoms with Crippen LogP contribution in [0.2, 0.25) is 5.28 Å². The molecule has 0 aliphatic heterocycles. The SMILES string of the molecule is CC(C)N(c1ncnc(Cl)n1)C(C)C. The van der Waals surface area contributed by atoms with Crippen molar-refractivity contribution < 1.29 is 0 Å². The van der Waals surface area contributed by atoms with Gasteiger partial charge >= 0.3 is 0 Å². The summed E-state index contributed by atoms with van der Waals surface area (Å²) in [5.41, 5.74) is 0. The highest BCUT2D eigenvalue weighted by atomic mass is 35.5. The summed E-state index contributed by atoms with van der Waals surface area (Å²) in [7, 11) is 0. The minimum Gasteiger partial charge on any atom is -0.336 e. The molecule has 0 saturated heterocycles. The van der Waals surface area contributed by atoms with E-state index in [4.69, 9.17) is 11.6 Å². The standard InChI is InChI=1S/C9H15ClN4/c1-6(2)14(7(3)4)9-12-5-11-8(10)13-9/h5-7H,1-4H3. The Kier molecular flexibility index (Phi) is 3.63. The first kappa shape index (κ1) is 11.2. The largest absolute Gasteiger partial charge is 0.336 e. The van der Waals surface area contributed by atoms with E-state index in [1.807, 2.05) is 0 Å². The van der Waals surface area contributed by atoms with Gasteiger partial charge in [-0.2, -0.15) is 4.98 Å². The predicted molar refractivity (Wildman–Crippen MR) is 57.6 cm³/mol. The van der Waals surface area contributed by atoms with Crippen LogP contribution in [0.25, 0.3) is 0 Å². The number of halogens is 1. The van der Waals surface area contributed by atoms with Gasteiger partial charge in [0.25, 0.3) is 0 Å². The Bertz CT molecular complexity index is 293. The number of nitrogens with zero attached hydrogens (tertiary/aromatic N) is 4. The summed E-state index contributed by atoms with van der Waals surface area (Å²) in [6.07, 6.45) is 1.43. The minimum absolute atomic E-state index is 0.237. The lowest BCUT2D eigenvalue weighted by molar-refractivity contribution is 0.589. The van der Waals surface area contributed by atoms with E-state index in [-0.39, 0.29) is 5.28 Å². The molecule has 0 bridgehead atoms. The van der Waals surface area contributed by atoms with Crippen LogP contribution in [0.4, 0.5) is 5.95 Å². The summed E-state index contributed by atoms with van der Waals surface area (Å²) in [4.78, 5) is 14.0. The van der Waals surface area contributed by atoms with Gasteiger partial charge in [-0.15, -0.1) is 0 Å². The molecule has 0 saturated carbocycles. The average Bonchev–Trinajstić information content (AvgIpc) is 2.02. The molecule has 0 amide bonds. The summed E-state index contributed by atoms with van der Waals surface area (Å²) in [6.45, 7) is 8.38. The number of anilines is 1. The van der Waals surface area contributed by atoms with Crippen molar-refractivity contribution in [1.82, 2.24) is 15.0 Å². The molecule has 0 aliphatic rings. The van der Waals surface area contributed by atoms with E-state index in [1.54, 1.807) is 0 Å². The van der Waals surface area contributed by atoms with Gasteiger partial charge in [0, 0.05) is 12.1 Å². The molecule has 0 fully saturated rings. The molecule has 4 nitrogen and oxygen atoms in total. The molecule has 14 heavy (non-hydrogen) atoms. The van der Waals surface area contributed by atoms with Crippen LogP contribution in [0.5, 0.6) is 0 Å². The molecule has 0 atom stereocenters. The first-order valence-corrected chi connectivity index (χ1v) is 5.03. The Labute approximate surface area is 89.3 Å². The first-order chi connectivity index (χ1) is 6.52. The van der Waals surface area contributed by atoms with E-state index >= 15 is 0 Å². The van der Waals surface area contributed by atoms with Crippen LogP contribution in [0.15, 0.2) is 6.33 Å². The summed E-state index contributed by atoms with van der Waals surface area (Å²) in [6, 6.07) is 0.682. The fraction of sp³-hybridized carbons (Fsp3) is 0.667. The molecule has 1 heterocycles. The van der Waals surface area contributed by atoms with E-state index in [0.717, 1.165) is 0 Å². The van der Waals surface area contributed by atoms with Gasteiger partial charge in [-0.25, -0.2) is 9.97 Å². The molecule has 0 aliphatic carbocycles. The predicted octanol–water partition coefficient (Wildman–Crippen LogP) is 2.15.